The third-order valence-corrected chi connectivity index (χ3v) is 5.35. The van der Waals surface area contributed by atoms with E-state index in [2.05, 4.69) is 26.2 Å². The predicted octanol–water partition coefficient (Wildman–Crippen LogP) is 5.49. The Kier molecular flexibility index (Phi) is 7.66. The third kappa shape index (κ3) is 5.96. The van der Waals surface area contributed by atoms with Crippen LogP contribution in [0.1, 0.15) is 44.9 Å². The SMILES string of the molecule is COc1ccc(C(C)NC(=O)C=Cc2cn(C(=O)OC(C)(C)C)c3ncc(Br)cc23)cc1OC. The number of hydrogen-bond acceptors (Lipinski definition) is 6. The minimum atomic E-state index is -0.654. The number of benzene rings is 1. The van der Waals surface area contributed by atoms with Gasteiger partial charge in [-0.15, -0.1) is 0 Å². The monoisotopic (exact) mass is 529 g/mol. The molecule has 2 heterocycles. The first-order valence-corrected chi connectivity index (χ1v) is 11.4. The lowest BCUT2D eigenvalue weighted by atomic mass is 10.1. The van der Waals surface area contributed by atoms with Crippen LogP contribution >= 0.6 is 15.9 Å². The van der Waals surface area contributed by atoms with Crippen LogP contribution in [0, 0.1) is 0 Å². The Morgan fingerprint density at radius 3 is 2.50 bits per heavy atom. The number of ether oxygens (including phenoxy) is 3. The number of hydrogen-bond donors (Lipinski definition) is 1. The summed E-state index contributed by atoms with van der Waals surface area (Å²) in [5, 5.41) is 3.64. The number of carbonyl (C=O) groups is 2. The molecule has 1 aromatic carbocycles. The Labute approximate surface area is 207 Å². The molecule has 1 atom stereocenters. The van der Waals surface area contributed by atoms with Crippen molar-refractivity contribution in [3.05, 3.63) is 58.3 Å². The number of aromatic nitrogens is 2. The van der Waals surface area contributed by atoms with Gasteiger partial charge in [0, 0.05) is 33.9 Å². The molecule has 0 aliphatic heterocycles. The summed E-state index contributed by atoms with van der Waals surface area (Å²) in [5.41, 5.74) is 1.31. The van der Waals surface area contributed by atoms with Gasteiger partial charge in [0.1, 0.15) is 11.2 Å². The van der Waals surface area contributed by atoms with Crippen LogP contribution in [-0.4, -0.2) is 41.4 Å². The second kappa shape index (κ2) is 10.3. The maximum atomic E-state index is 12.7. The number of halogens is 1. The van der Waals surface area contributed by atoms with Crippen LogP contribution in [0.15, 0.2) is 47.2 Å². The van der Waals surface area contributed by atoms with Crippen LogP contribution in [-0.2, 0) is 9.53 Å². The van der Waals surface area contributed by atoms with Crippen LogP contribution in [0.4, 0.5) is 4.79 Å². The molecule has 0 aliphatic carbocycles. The molecular weight excluding hydrogens is 502 g/mol. The van der Waals surface area contributed by atoms with Crippen LogP contribution in [0.5, 0.6) is 11.5 Å². The second-order valence-corrected chi connectivity index (χ2v) is 9.55. The lowest BCUT2D eigenvalue weighted by Crippen LogP contribution is -2.26. The standard InChI is InChI=1S/C25H28BrN3O5/c1-15(16-7-9-20(32-5)21(11-16)33-6)28-22(30)10-8-17-14-29(24(31)34-25(2,3)4)23-19(17)12-18(26)13-27-23/h7-15H,1-6H3,(H,28,30). The highest BCUT2D eigenvalue weighted by Crippen LogP contribution is 2.30. The van der Waals surface area contributed by atoms with Gasteiger partial charge in [-0.25, -0.2) is 14.3 Å². The highest BCUT2D eigenvalue weighted by molar-refractivity contribution is 9.10. The molecule has 9 heteroatoms. The van der Waals surface area contributed by atoms with E-state index in [0.29, 0.717) is 28.1 Å². The lowest BCUT2D eigenvalue weighted by Gasteiger charge is -2.19. The van der Waals surface area contributed by atoms with Gasteiger partial charge in [-0.1, -0.05) is 6.07 Å². The molecule has 1 amide bonds. The summed E-state index contributed by atoms with van der Waals surface area (Å²) in [7, 11) is 3.13. The molecule has 2 aromatic heterocycles. The molecule has 0 radical (unpaired) electrons. The highest BCUT2D eigenvalue weighted by Gasteiger charge is 2.21. The molecule has 34 heavy (non-hydrogen) atoms. The summed E-state index contributed by atoms with van der Waals surface area (Å²) >= 11 is 3.41. The Hall–Kier alpha value is -3.33. The molecule has 8 nitrogen and oxygen atoms in total. The molecular formula is C25H28BrN3O5. The third-order valence-electron chi connectivity index (χ3n) is 4.91. The Morgan fingerprint density at radius 2 is 1.85 bits per heavy atom. The maximum absolute atomic E-state index is 12.7. The van der Waals surface area contributed by atoms with E-state index in [9.17, 15) is 9.59 Å². The van der Waals surface area contributed by atoms with Gasteiger partial charge in [-0.3, -0.25) is 4.79 Å². The van der Waals surface area contributed by atoms with Crippen LogP contribution in [0.3, 0.4) is 0 Å². The van der Waals surface area contributed by atoms with Gasteiger partial charge in [-0.2, -0.15) is 0 Å². The summed E-state index contributed by atoms with van der Waals surface area (Å²) in [5.74, 6) is 0.916. The molecule has 0 aliphatic rings. The van der Waals surface area contributed by atoms with E-state index in [-0.39, 0.29) is 11.9 Å². The van der Waals surface area contributed by atoms with Gasteiger partial charge in [0.05, 0.1) is 20.3 Å². The predicted molar refractivity (Wildman–Crippen MR) is 134 cm³/mol. The number of methoxy groups -OCH3 is 2. The molecule has 0 saturated carbocycles. The fourth-order valence-electron chi connectivity index (χ4n) is 3.32. The minimum Gasteiger partial charge on any atom is -0.493 e. The van der Waals surface area contributed by atoms with Crippen LogP contribution in [0.2, 0.25) is 0 Å². The number of fused-ring (bicyclic) bond motifs is 1. The average molecular weight is 530 g/mol. The van der Waals surface area contributed by atoms with Crippen LogP contribution < -0.4 is 14.8 Å². The number of pyridine rings is 1. The number of nitrogens with zero attached hydrogens (tertiary/aromatic N) is 2. The Balaban J connectivity index is 1.82. The van der Waals surface area contributed by atoms with Gasteiger partial charge in [-0.05, 0) is 73.5 Å². The van der Waals surface area contributed by atoms with Crippen molar-refractivity contribution in [1.82, 2.24) is 14.9 Å². The second-order valence-electron chi connectivity index (χ2n) is 8.64. The quantitative estimate of drug-likeness (QED) is 0.424. The van der Waals surface area contributed by atoms with Gasteiger partial charge < -0.3 is 19.5 Å². The molecule has 0 saturated heterocycles. The molecule has 180 valence electrons. The molecule has 3 rings (SSSR count). The fourth-order valence-corrected chi connectivity index (χ4v) is 3.65. The van der Waals surface area contributed by atoms with E-state index in [4.69, 9.17) is 14.2 Å². The molecule has 1 N–H and O–H groups in total. The van der Waals surface area contributed by atoms with Crippen molar-refractivity contribution in [2.24, 2.45) is 0 Å². The first-order chi connectivity index (χ1) is 16.0. The Morgan fingerprint density at radius 1 is 1.15 bits per heavy atom. The van der Waals surface area contributed by atoms with Crippen LogP contribution in [0.25, 0.3) is 17.1 Å². The molecule has 0 spiro atoms. The Bertz CT molecular complexity index is 1240. The number of nitrogens with one attached hydrogen (secondary N) is 1. The van der Waals surface area contributed by atoms with E-state index in [0.717, 1.165) is 10.0 Å². The molecule has 1 unspecified atom stereocenters. The van der Waals surface area contributed by atoms with Crippen molar-refractivity contribution in [1.29, 1.82) is 0 Å². The van der Waals surface area contributed by atoms with Gasteiger partial charge in [0.2, 0.25) is 5.91 Å². The molecule has 0 fully saturated rings. The van der Waals surface area contributed by atoms with Gasteiger partial charge in [0.15, 0.2) is 11.5 Å². The van der Waals surface area contributed by atoms with E-state index < -0.39 is 11.7 Å². The number of carbonyl (C=O) groups excluding carboxylic acids is 2. The van der Waals surface area contributed by atoms with Crippen molar-refractivity contribution >= 4 is 45.0 Å². The average Bonchev–Trinajstić information content (AvgIpc) is 3.13. The number of rotatable bonds is 6. The van der Waals surface area contributed by atoms with Crippen molar-refractivity contribution in [2.75, 3.05) is 14.2 Å². The van der Waals surface area contributed by atoms with Gasteiger partial charge >= 0.3 is 6.09 Å². The van der Waals surface area contributed by atoms with E-state index in [1.165, 1.54) is 10.6 Å². The minimum absolute atomic E-state index is 0.268. The molecule has 0 bridgehead atoms. The van der Waals surface area contributed by atoms with Crippen molar-refractivity contribution < 1.29 is 23.8 Å². The normalized spacial score (nSPS) is 12.6. The zero-order valence-electron chi connectivity index (χ0n) is 20.0. The summed E-state index contributed by atoms with van der Waals surface area (Å²) in [4.78, 5) is 29.7. The number of amides is 1. The lowest BCUT2D eigenvalue weighted by molar-refractivity contribution is -0.117. The smallest absolute Gasteiger partial charge is 0.420 e. The molecule has 3 aromatic rings. The summed E-state index contributed by atoms with van der Waals surface area (Å²) in [6.45, 7) is 7.27. The first kappa shape index (κ1) is 25.3. The maximum Gasteiger partial charge on any atom is 0.420 e. The summed E-state index contributed by atoms with van der Waals surface area (Å²) < 4.78 is 18.2. The summed E-state index contributed by atoms with van der Waals surface area (Å²) in [6.07, 6.45) is 5.74. The van der Waals surface area contributed by atoms with E-state index >= 15 is 0 Å². The zero-order chi connectivity index (χ0) is 25.0. The largest absolute Gasteiger partial charge is 0.493 e. The van der Waals surface area contributed by atoms with Crippen molar-refractivity contribution in [2.45, 2.75) is 39.3 Å². The fraction of sp³-hybridized carbons (Fsp3) is 0.320. The van der Waals surface area contributed by atoms with Gasteiger partial charge in [0.25, 0.3) is 0 Å². The van der Waals surface area contributed by atoms with E-state index in [1.54, 1.807) is 59.5 Å². The summed E-state index contributed by atoms with van der Waals surface area (Å²) in [6, 6.07) is 7.06. The topological polar surface area (TPSA) is 91.7 Å². The highest BCUT2D eigenvalue weighted by atomic mass is 79.9. The van der Waals surface area contributed by atoms with E-state index in [1.807, 2.05) is 25.1 Å². The first-order valence-electron chi connectivity index (χ1n) is 10.6. The zero-order valence-corrected chi connectivity index (χ0v) is 21.6. The van der Waals surface area contributed by atoms with Crippen molar-refractivity contribution in [3.8, 4) is 11.5 Å². The van der Waals surface area contributed by atoms with Crippen molar-refractivity contribution in [3.63, 3.8) is 0 Å².